The molecule has 6 heteroatoms. The van der Waals surface area contributed by atoms with Crippen LogP contribution in [0.3, 0.4) is 0 Å². The molecule has 0 amide bonds. The van der Waals surface area contributed by atoms with Gasteiger partial charge in [0, 0.05) is 39.6 Å². The van der Waals surface area contributed by atoms with E-state index < -0.39 is 5.97 Å². The molecule has 0 aliphatic carbocycles. The Morgan fingerprint density at radius 2 is 1.44 bits per heavy atom. The van der Waals surface area contributed by atoms with Crippen LogP contribution in [0.2, 0.25) is 0 Å². The van der Waals surface area contributed by atoms with Crippen LogP contribution in [-0.2, 0) is 11.2 Å². The molecular formula is C30H46N2O4. The maximum Gasteiger partial charge on any atom is 0.338 e. The van der Waals surface area contributed by atoms with Gasteiger partial charge < -0.3 is 19.6 Å². The smallest absolute Gasteiger partial charge is 0.338 e. The third-order valence-electron chi connectivity index (χ3n) is 6.24. The third-order valence-corrected chi connectivity index (χ3v) is 6.24. The number of nitrogens with zero attached hydrogens (tertiary/aromatic N) is 2. The molecule has 0 aromatic heterocycles. The van der Waals surface area contributed by atoms with Crippen LogP contribution in [0.15, 0.2) is 42.5 Å². The van der Waals surface area contributed by atoms with E-state index in [1.54, 1.807) is 18.2 Å². The lowest BCUT2D eigenvalue weighted by molar-refractivity contribution is 0.0499. The van der Waals surface area contributed by atoms with E-state index in [9.17, 15) is 14.7 Å². The highest BCUT2D eigenvalue weighted by atomic mass is 16.5. The summed E-state index contributed by atoms with van der Waals surface area (Å²) in [6, 6.07) is 13.1. The van der Waals surface area contributed by atoms with E-state index in [0.29, 0.717) is 23.7 Å². The lowest BCUT2D eigenvalue weighted by Crippen LogP contribution is -2.13. The highest BCUT2D eigenvalue weighted by Gasteiger charge is 2.15. The maximum atomic E-state index is 11.6. The molecule has 0 radical (unpaired) electrons. The van der Waals surface area contributed by atoms with E-state index in [0.717, 1.165) is 42.6 Å². The van der Waals surface area contributed by atoms with Gasteiger partial charge in [-0.15, -0.1) is 0 Å². The quantitative estimate of drug-likeness (QED) is 0.239. The molecule has 2 aromatic carbocycles. The molecule has 1 N–H and O–H groups in total. The van der Waals surface area contributed by atoms with Crippen LogP contribution in [-0.4, -0.2) is 51.8 Å². The second kappa shape index (κ2) is 16.6. The SMILES string of the molecule is CCCCC(CC)Cc1cc(N(C)C)ccc1C(=O)O.CCCCOC(=O)c1ccc(N(C)C)cc1. The predicted molar refractivity (Wildman–Crippen MR) is 151 cm³/mol. The molecule has 2 aromatic rings. The van der Waals surface area contributed by atoms with Gasteiger partial charge in [0.25, 0.3) is 0 Å². The van der Waals surface area contributed by atoms with Gasteiger partial charge in [-0.2, -0.15) is 0 Å². The summed E-state index contributed by atoms with van der Waals surface area (Å²) in [5, 5.41) is 9.34. The normalized spacial score (nSPS) is 11.2. The number of aromatic carboxylic acids is 1. The molecule has 0 fully saturated rings. The molecule has 0 bridgehead atoms. The zero-order valence-electron chi connectivity index (χ0n) is 23.3. The van der Waals surface area contributed by atoms with Gasteiger partial charge in [-0.25, -0.2) is 9.59 Å². The highest BCUT2D eigenvalue weighted by molar-refractivity contribution is 5.90. The Morgan fingerprint density at radius 1 is 0.861 bits per heavy atom. The summed E-state index contributed by atoms with van der Waals surface area (Å²) >= 11 is 0. The highest BCUT2D eigenvalue weighted by Crippen LogP contribution is 2.25. The minimum atomic E-state index is -0.823. The Hall–Kier alpha value is -3.02. The fraction of sp³-hybridized carbons (Fsp3) is 0.533. The van der Waals surface area contributed by atoms with E-state index in [1.807, 2.05) is 62.3 Å². The zero-order chi connectivity index (χ0) is 27.1. The van der Waals surface area contributed by atoms with Crippen LogP contribution in [0, 0.1) is 5.92 Å². The van der Waals surface area contributed by atoms with Crippen molar-refractivity contribution in [3.63, 3.8) is 0 Å². The van der Waals surface area contributed by atoms with Gasteiger partial charge in [-0.3, -0.25) is 0 Å². The van der Waals surface area contributed by atoms with E-state index in [4.69, 9.17) is 4.74 Å². The third kappa shape index (κ3) is 10.7. The number of ether oxygens (including phenoxy) is 1. The van der Waals surface area contributed by atoms with E-state index >= 15 is 0 Å². The first-order chi connectivity index (χ1) is 17.1. The maximum absolute atomic E-state index is 11.6. The number of carboxylic acids is 1. The Bertz CT molecular complexity index is 923. The largest absolute Gasteiger partial charge is 0.478 e. The Morgan fingerprint density at radius 3 is 1.94 bits per heavy atom. The number of benzene rings is 2. The lowest BCUT2D eigenvalue weighted by atomic mass is 9.89. The van der Waals surface area contributed by atoms with Crippen molar-refractivity contribution in [3.05, 3.63) is 59.2 Å². The summed E-state index contributed by atoms with van der Waals surface area (Å²) in [6.07, 6.45) is 7.51. The second-order valence-electron chi connectivity index (χ2n) is 9.59. The molecule has 0 saturated carbocycles. The van der Waals surface area contributed by atoms with Crippen molar-refractivity contribution in [2.24, 2.45) is 5.92 Å². The fourth-order valence-corrected chi connectivity index (χ4v) is 3.78. The molecule has 1 atom stereocenters. The molecule has 0 aliphatic rings. The molecule has 36 heavy (non-hydrogen) atoms. The van der Waals surface area contributed by atoms with Crippen molar-refractivity contribution in [1.29, 1.82) is 0 Å². The first kappa shape index (κ1) is 31.0. The summed E-state index contributed by atoms with van der Waals surface area (Å²) in [5.41, 5.74) is 4.17. The number of rotatable bonds is 13. The zero-order valence-corrected chi connectivity index (χ0v) is 23.3. The van der Waals surface area contributed by atoms with Gasteiger partial charge in [0.2, 0.25) is 0 Å². The second-order valence-corrected chi connectivity index (χ2v) is 9.59. The van der Waals surface area contributed by atoms with Crippen molar-refractivity contribution in [2.45, 2.75) is 65.7 Å². The van der Waals surface area contributed by atoms with Crippen LogP contribution in [0.4, 0.5) is 11.4 Å². The monoisotopic (exact) mass is 498 g/mol. The molecule has 6 nitrogen and oxygen atoms in total. The van der Waals surface area contributed by atoms with Crippen LogP contribution >= 0.6 is 0 Å². The summed E-state index contributed by atoms with van der Waals surface area (Å²) in [4.78, 5) is 26.9. The Labute approximate surface area is 218 Å². The Kier molecular flexibility index (Phi) is 14.3. The number of carbonyl (C=O) groups excluding carboxylic acids is 1. The topological polar surface area (TPSA) is 70.1 Å². The molecule has 0 heterocycles. The first-order valence-electron chi connectivity index (χ1n) is 13.1. The van der Waals surface area contributed by atoms with Gasteiger partial charge in [-0.1, -0.05) is 52.9 Å². The molecule has 200 valence electrons. The average molecular weight is 499 g/mol. The summed E-state index contributed by atoms with van der Waals surface area (Å²) in [6.45, 7) is 6.96. The number of carbonyl (C=O) groups is 2. The minimum absolute atomic E-state index is 0.237. The van der Waals surface area contributed by atoms with Crippen molar-refractivity contribution in [2.75, 3.05) is 44.6 Å². The van der Waals surface area contributed by atoms with Crippen molar-refractivity contribution in [3.8, 4) is 0 Å². The van der Waals surface area contributed by atoms with E-state index in [2.05, 4.69) is 20.8 Å². The standard InChI is InChI=1S/C17H27NO2.C13H19NO2/c1-5-7-8-13(6-2)11-14-12-15(18(3)4)9-10-16(14)17(19)20;1-4-5-10-16-13(15)11-6-8-12(9-7-11)14(2)3/h9-10,12-13H,5-8,11H2,1-4H3,(H,19,20);6-9H,4-5,10H2,1-3H3. The van der Waals surface area contributed by atoms with Crippen molar-refractivity contribution >= 4 is 23.3 Å². The van der Waals surface area contributed by atoms with Crippen LogP contribution in [0.25, 0.3) is 0 Å². The fourth-order valence-electron chi connectivity index (χ4n) is 3.78. The number of hydrogen-bond acceptors (Lipinski definition) is 5. The average Bonchev–Trinajstić information content (AvgIpc) is 2.86. The molecule has 2 rings (SSSR count). The van der Waals surface area contributed by atoms with Crippen LogP contribution < -0.4 is 9.80 Å². The van der Waals surface area contributed by atoms with Crippen LogP contribution in [0.1, 0.15) is 85.6 Å². The van der Waals surface area contributed by atoms with Gasteiger partial charge in [0.05, 0.1) is 17.7 Å². The van der Waals surface area contributed by atoms with Crippen molar-refractivity contribution < 1.29 is 19.4 Å². The molecule has 0 saturated heterocycles. The minimum Gasteiger partial charge on any atom is -0.478 e. The van der Waals surface area contributed by atoms with Crippen LogP contribution in [0.5, 0.6) is 0 Å². The molecule has 0 spiro atoms. The molecule has 0 aliphatic heterocycles. The lowest BCUT2D eigenvalue weighted by Gasteiger charge is -2.19. The number of hydrogen-bond donors (Lipinski definition) is 1. The van der Waals surface area contributed by atoms with Gasteiger partial charge >= 0.3 is 11.9 Å². The summed E-state index contributed by atoms with van der Waals surface area (Å²) < 4.78 is 5.12. The van der Waals surface area contributed by atoms with Crippen molar-refractivity contribution in [1.82, 2.24) is 0 Å². The molecular weight excluding hydrogens is 452 g/mol. The summed E-state index contributed by atoms with van der Waals surface area (Å²) in [5.74, 6) is -0.486. The first-order valence-corrected chi connectivity index (χ1v) is 13.1. The number of carboxylic acid groups (broad SMARTS) is 1. The van der Waals surface area contributed by atoms with E-state index in [-0.39, 0.29) is 5.97 Å². The van der Waals surface area contributed by atoms with Gasteiger partial charge in [0.1, 0.15) is 0 Å². The summed E-state index contributed by atoms with van der Waals surface area (Å²) in [7, 11) is 7.89. The molecule has 1 unspecified atom stereocenters. The predicted octanol–water partition coefficient (Wildman–Crippen LogP) is 6.92. The number of unbranched alkanes of at least 4 members (excludes halogenated alkanes) is 2. The van der Waals surface area contributed by atoms with Gasteiger partial charge in [0.15, 0.2) is 0 Å². The Balaban J connectivity index is 0.000000369. The van der Waals surface area contributed by atoms with E-state index in [1.165, 1.54) is 19.3 Å². The van der Waals surface area contributed by atoms with Gasteiger partial charge in [-0.05, 0) is 66.8 Å². The number of esters is 1. The number of anilines is 2.